The Morgan fingerprint density at radius 1 is 0.579 bits per heavy atom. The van der Waals surface area contributed by atoms with E-state index in [0.717, 1.165) is 33.4 Å². The molecule has 5 heteroatoms. The summed E-state index contributed by atoms with van der Waals surface area (Å²) in [5.41, 5.74) is 5.54. The number of benzene rings is 5. The lowest BCUT2D eigenvalue weighted by Gasteiger charge is -2.34. The van der Waals surface area contributed by atoms with Gasteiger partial charge in [-0.2, -0.15) is 5.26 Å². The second-order valence-electron chi connectivity index (χ2n) is 8.95. The van der Waals surface area contributed by atoms with E-state index in [1.54, 1.807) is 10.9 Å². The molecule has 0 aliphatic heterocycles. The molecule has 6 rings (SSSR count). The molecule has 0 N–H and O–H groups in total. The smallest absolute Gasteiger partial charge is 0.192 e. The van der Waals surface area contributed by atoms with Gasteiger partial charge in [-0.15, -0.1) is 15.0 Å². The van der Waals surface area contributed by atoms with Gasteiger partial charge in [0, 0.05) is 5.56 Å². The standard InChI is InChI=1S/C33H23N5/c34-24-25-13-12-14-26(23-25)30-21-10-11-22-31(30)32-35-37-38(36-32)33(27-15-4-1-5-16-27,28-17-6-2-7-18-28)29-19-8-3-9-20-29/h1-23H. The Bertz CT molecular complexity index is 1620. The second-order valence-corrected chi connectivity index (χ2v) is 8.95. The Hall–Kier alpha value is -5.34. The first-order valence-corrected chi connectivity index (χ1v) is 12.4. The number of rotatable bonds is 6. The minimum absolute atomic E-state index is 0.509. The van der Waals surface area contributed by atoms with E-state index in [2.05, 4.69) is 52.8 Å². The Morgan fingerprint density at radius 2 is 1.11 bits per heavy atom. The number of nitrogens with zero attached hydrogens (tertiary/aromatic N) is 5. The zero-order chi connectivity index (χ0) is 25.8. The van der Waals surface area contributed by atoms with Crippen molar-refractivity contribution in [2.45, 2.75) is 5.54 Å². The van der Waals surface area contributed by atoms with Crippen molar-refractivity contribution >= 4 is 0 Å². The molecule has 38 heavy (non-hydrogen) atoms. The molecule has 0 bridgehead atoms. The first kappa shape index (κ1) is 23.1. The molecule has 0 atom stereocenters. The summed E-state index contributed by atoms with van der Waals surface area (Å²) in [6.07, 6.45) is 0. The maximum atomic E-state index is 9.42. The van der Waals surface area contributed by atoms with Gasteiger partial charge < -0.3 is 0 Å². The number of hydrogen-bond acceptors (Lipinski definition) is 4. The van der Waals surface area contributed by atoms with Crippen LogP contribution in [-0.2, 0) is 5.54 Å². The van der Waals surface area contributed by atoms with Crippen molar-refractivity contribution in [1.82, 2.24) is 20.2 Å². The minimum atomic E-state index is -0.843. The average Bonchev–Trinajstić information content (AvgIpc) is 3.50. The van der Waals surface area contributed by atoms with Crippen molar-refractivity contribution in [3.8, 4) is 28.6 Å². The maximum absolute atomic E-state index is 9.42. The Balaban J connectivity index is 1.59. The molecule has 5 nitrogen and oxygen atoms in total. The molecule has 0 aliphatic rings. The molecule has 6 aromatic rings. The van der Waals surface area contributed by atoms with Gasteiger partial charge in [0.05, 0.1) is 11.6 Å². The van der Waals surface area contributed by atoms with E-state index in [9.17, 15) is 5.26 Å². The molecule has 0 aliphatic carbocycles. The van der Waals surface area contributed by atoms with Gasteiger partial charge in [0.25, 0.3) is 0 Å². The minimum Gasteiger partial charge on any atom is -0.192 e. The molecule has 5 aromatic carbocycles. The van der Waals surface area contributed by atoms with Crippen molar-refractivity contribution in [1.29, 1.82) is 5.26 Å². The SMILES string of the molecule is N#Cc1cccc(-c2ccccc2-c2nnn(C(c3ccccc3)(c3ccccc3)c3ccccc3)n2)c1. The average molecular weight is 490 g/mol. The van der Waals surface area contributed by atoms with Gasteiger partial charge in [-0.3, -0.25) is 0 Å². The Labute approximate surface area is 221 Å². The third-order valence-electron chi connectivity index (χ3n) is 6.76. The van der Waals surface area contributed by atoms with Gasteiger partial charge in [-0.25, -0.2) is 0 Å². The molecule has 0 saturated heterocycles. The summed E-state index contributed by atoms with van der Waals surface area (Å²) >= 11 is 0. The summed E-state index contributed by atoms with van der Waals surface area (Å²) in [5.74, 6) is 0.509. The Kier molecular flexibility index (Phi) is 6.05. The van der Waals surface area contributed by atoms with Gasteiger partial charge in [-0.1, -0.05) is 127 Å². The number of aromatic nitrogens is 4. The monoisotopic (exact) mass is 489 g/mol. The highest BCUT2D eigenvalue weighted by Gasteiger charge is 2.41. The molecular weight excluding hydrogens is 466 g/mol. The third-order valence-corrected chi connectivity index (χ3v) is 6.76. The van der Waals surface area contributed by atoms with Crippen LogP contribution >= 0.6 is 0 Å². The quantitative estimate of drug-likeness (QED) is 0.244. The molecule has 0 unspecified atom stereocenters. The highest BCUT2D eigenvalue weighted by molar-refractivity contribution is 5.80. The molecule has 180 valence electrons. The fourth-order valence-electron chi connectivity index (χ4n) is 5.03. The van der Waals surface area contributed by atoms with Crippen molar-refractivity contribution in [2.75, 3.05) is 0 Å². The van der Waals surface area contributed by atoms with Crippen LogP contribution in [0.15, 0.2) is 140 Å². The first-order chi connectivity index (χ1) is 18.8. The van der Waals surface area contributed by atoms with Crippen molar-refractivity contribution in [2.24, 2.45) is 0 Å². The van der Waals surface area contributed by atoms with Gasteiger partial charge in [0.2, 0.25) is 5.82 Å². The summed E-state index contributed by atoms with van der Waals surface area (Å²) in [7, 11) is 0. The van der Waals surface area contributed by atoms with E-state index < -0.39 is 5.54 Å². The van der Waals surface area contributed by atoms with Crippen LogP contribution in [0.25, 0.3) is 22.5 Å². The van der Waals surface area contributed by atoms with Crippen LogP contribution < -0.4 is 0 Å². The molecule has 1 aromatic heterocycles. The van der Waals surface area contributed by atoms with Gasteiger partial charge in [-0.05, 0) is 45.2 Å². The van der Waals surface area contributed by atoms with E-state index >= 15 is 0 Å². The van der Waals surface area contributed by atoms with Gasteiger partial charge >= 0.3 is 0 Å². The first-order valence-electron chi connectivity index (χ1n) is 12.4. The third kappa shape index (κ3) is 3.95. The van der Waals surface area contributed by atoms with Crippen molar-refractivity contribution in [3.63, 3.8) is 0 Å². The summed E-state index contributed by atoms with van der Waals surface area (Å²) in [4.78, 5) is 1.73. The van der Waals surface area contributed by atoms with E-state index in [4.69, 9.17) is 5.10 Å². The summed E-state index contributed by atoms with van der Waals surface area (Å²) in [6.45, 7) is 0. The van der Waals surface area contributed by atoms with Crippen LogP contribution in [0.1, 0.15) is 22.3 Å². The van der Waals surface area contributed by atoms with Crippen molar-refractivity contribution in [3.05, 3.63) is 162 Å². The number of nitriles is 1. The maximum Gasteiger partial charge on any atom is 0.205 e. The lowest BCUT2D eigenvalue weighted by atomic mass is 9.77. The van der Waals surface area contributed by atoms with E-state index in [1.165, 1.54) is 0 Å². The molecule has 0 amide bonds. The number of hydrogen-bond donors (Lipinski definition) is 0. The zero-order valence-corrected chi connectivity index (χ0v) is 20.5. The van der Waals surface area contributed by atoms with Crippen molar-refractivity contribution < 1.29 is 0 Å². The summed E-state index contributed by atoms with van der Waals surface area (Å²) in [6, 6.07) is 48.6. The van der Waals surface area contributed by atoms with Crippen LogP contribution in [0, 0.1) is 11.3 Å². The zero-order valence-electron chi connectivity index (χ0n) is 20.5. The lowest BCUT2D eigenvalue weighted by molar-refractivity contribution is 0.396. The van der Waals surface area contributed by atoms with Crippen LogP contribution in [0.3, 0.4) is 0 Å². The van der Waals surface area contributed by atoms with Crippen LogP contribution in [-0.4, -0.2) is 20.2 Å². The highest BCUT2D eigenvalue weighted by atomic mass is 15.6. The number of tetrazole rings is 1. The predicted molar refractivity (Wildman–Crippen MR) is 148 cm³/mol. The topological polar surface area (TPSA) is 67.4 Å². The predicted octanol–water partition coefficient (Wildman–Crippen LogP) is 6.72. The molecule has 1 heterocycles. The molecule has 0 saturated carbocycles. The summed E-state index contributed by atoms with van der Waals surface area (Å²) < 4.78 is 0. The molecule has 0 fully saturated rings. The molecular formula is C33H23N5. The van der Waals surface area contributed by atoms with E-state index in [0.29, 0.717) is 11.4 Å². The normalized spacial score (nSPS) is 11.1. The lowest BCUT2D eigenvalue weighted by Crippen LogP contribution is -2.39. The fourth-order valence-corrected chi connectivity index (χ4v) is 5.03. The van der Waals surface area contributed by atoms with Crippen LogP contribution in [0.2, 0.25) is 0 Å². The van der Waals surface area contributed by atoms with E-state index in [-0.39, 0.29) is 0 Å². The van der Waals surface area contributed by atoms with Crippen LogP contribution in [0.4, 0.5) is 0 Å². The second kappa shape index (κ2) is 9.96. The van der Waals surface area contributed by atoms with Crippen LogP contribution in [0.5, 0.6) is 0 Å². The largest absolute Gasteiger partial charge is 0.205 e. The van der Waals surface area contributed by atoms with Gasteiger partial charge in [0.15, 0.2) is 5.54 Å². The van der Waals surface area contributed by atoms with Gasteiger partial charge in [0.1, 0.15) is 0 Å². The highest BCUT2D eigenvalue weighted by Crippen LogP contribution is 2.40. The molecule has 0 spiro atoms. The molecule has 0 radical (unpaired) electrons. The van der Waals surface area contributed by atoms with E-state index in [1.807, 2.05) is 97.1 Å². The summed E-state index contributed by atoms with van der Waals surface area (Å²) in [5, 5.41) is 23.7. The Morgan fingerprint density at radius 3 is 1.66 bits per heavy atom. The fraction of sp³-hybridized carbons (Fsp3) is 0.0303.